The minimum atomic E-state index is -0.651. The lowest BCUT2D eigenvalue weighted by atomic mass is 10.1. The average Bonchev–Trinajstić information content (AvgIpc) is 3.10. The number of hydrogen-bond donors (Lipinski definition) is 2. The van der Waals surface area contributed by atoms with E-state index in [2.05, 4.69) is 15.6 Å². The predicted molar refractivity (Wildman–Crippen MR) is 127 cm³/mol. The summed E-state index contributed by atoms with van der Waals surface area (Å²) in [4.78, 5) is 43.6. The van der Waals surface area contributed by atoms with Crippen molar-refractivity contribution in [2.45, 2.75) is 27.3 Å². The molecule has 3 amide bonds. The molecule has 0 aliphatic rings. The number of aromatic nitrogens is 2. The van der Waals surface area contributed by atoms with Crippen LogP contribution in [0.25, 0.3) is 20.7 Å². The molecule has 0 unspecified atom stereocenters. The van der Waals surface area contributed by atoms with Gasteiger partial charge >= 0.3 is 6.03 Å². The van der Waals surface area contributed by atoms with E-state index < -0.39 is 11.9 Å². The molecule has 7 nitrogen and oxygen atoms in total. The van der Waals surface area contributed by atoms with Gasteiger partial charge in [0.25, 0.3) is 5.56 Å². The number of thiophene rings is 1. The Kier molecular flexibility index (Phi) is 5.87. The lowest BCUT2D eigenvalue weighted by Crippen LogP contribution is -2.38. The molecule has 32 heavy (non-hydrogen) atoms. The van der Waals surface area contributed by atoms with Crippen LogP contribution in [0.2, 0.25) is 0 Å². The highest BCUT2D eigenvalue weighted by Crippen LogP contribution is 2.35. The molecular formula is C24H22N4O3S. The summed E-state index contributed by atoms with van der Waals surface area (Å²) >= 11 is 1.44. The van der Waals surface area contributed by atoms with E-state index in [-0.39, 0.29) is 12.1 Å². The highest BCUT2D eigenvalue weighted by Gasteiger charge is 2.17. The fourth-order valence-corrected chi connectivity index (χ4v) is 4.71. The number of imide groups is 1. The average molecular weight is 447 g/mol. The van der Waals surface area contributed by atoms with Crippen molar-refractivity contribution in [3.63, 3.8) is 0 Å². The molecule has 0 atom stereocenters. The van der Waals surface area contributed by atoms with Crippen LogP contribution in [0.15, 0.2) is 59.7 Å². The van der Waals surface area contributed by atoms with E-state index in [1.807, 2.05) is 63.2 Å². The van der Waals surface area contributed by atoms with Crippen LogP contribution in [-0.4, -0.2) is 21.5 Å². The first kappa shape index (κ1) is 21.5. The zero-order valence-electron chi connectivity index (χ0n) is 17.9. The standard InChI is InChI=1S/C24H22N4O3S/c1-14-9-10-18(15(2)11-14)26-24(31)27-19(29)12-28-13-25-22-20(23(28)30)16(3)21(32-22)17-7-5-4-6-8-17/h4-11,13H,12H2,1-3H3,(H2,26,27,29,31). The molecule has 0 saturated heterocycles. The Morgan fingerprint density at radius 3 is 2.53 bits per heavy atom. The Balaban J connectivity index is 1.52. The van der Waals surface area contributed by atoms with E-state index in [1.54, 1.807) is 6.07 Å². The van der Waals surface area contributed by atoms with E-state index in [0.29, 0.717) is 15.9 Å². The first-order chi connectivity index (χ1) is 15.3. The first-order valence-electron chi connectivity index (χ1n) is 10.1. The summed E-state index contributed by atoms with van der Waals surface area (Å²) in [6.07, 6.45) is 1.34. The van der Waals surface area contributed by atoms with Crippen LogP contribution < -0.4 is 16.2 Å². The molecule has 0 fully saturated rings. The highest BCUT2D eigenvalue weighted by molar-refractivity contribution is 7.22. The first-order valence-corrected chi connectivity index (χ1v) is 10.9. The normalized spacial score (nSPS) is 10.8. The Hall–Kier alpha value is -3.78. The molecule has 2 heterocycles. The van der Waals surface area contributed by atoms with Gasteiger partial charge in [0.05, 0.1) is 11.7 Å². The summed E-state index contributed by atoms with van der Waals surface area (Å²) in [6, 6.07) is 14.7. The summed E-state index contributed by atoms with van der Waals surface area (Å²) in [5.41, 5.74) is 4.11. The van der Waals surface area contributed by atoms with Gasteiger partial charge in [-0.05, 0) is 43.5 Å². The van der Waals surface area contributed by atoms with Crippen molar-refractivity contribution in [3.8, 4) is 10.4 Å². The Labute approximate surface area is 188 Å². The van der Waals surface area contributed by atoms with Crippen LogP contribution in [0, 0.1) is 20.8 Å². The smallest absolute Gasteiger partial charge is 0.307 e. The van der Waals surface area contributed by atoms with Gasteiger partial charge in [-0.15, -0.1) is 11.3 Å². The number of anilines is 1. The molecule has 2 N–H and O–H groups in total. The third kappa shape index (κ3) is 4.31. The van der Waals surface area contributed by atoms with Crippen molar-refractivity contribution in [2.75, 3.05) is 5.32 Å². The van der Waals surface area contributed by atoms with Crippen molar-refractivity contribution in [1.29, 1.82) is 0 Å². The second kappa shape index (κ2) is 8.76. The maximum atomic E-state index is 13.0. The van der Waals surface area contributed by atoms with Crippen molar-refractivity contribution < 1.29 is 9.59 Å². The monoisotopic (exact) mass is 446 g/mol. The van der Waals surface area contributed by atoms with Gasteiger partial charge < -0.3 is 5.32 Å². The predicted octanol–water partition coefficient (Wildman–Crippen LogP) is 4.40. The lowest BCUT2D eigenvalue weighted by molar-refractivity contribution is -0.120. The Bertz CT molecular complexity index is 1390. The molecule has 0 radical (unpaired) electrons. The topological polar surface area (TPSA) is 93.1 Å². The van der Waals surface area contributed by atoms with Crippen LogP contribution in [0.4, 0.5) is 10.5 Å². The third-order valence-corrected chi connectivity index (χ3v) is 6.40. The van der Waals surface area contributed by atoms with E-state index in [0.717, 1.165) is 27.1 Å². The van der Waals surface area contributed by atoms with Crippen LogP contribution in [0.1, 0.15) is 16.7 Å². The number of carbonyl (C=O) groups is 2. The van der Waals surface area contributed by atoms with Crippen molar-refractivity contribution >= 4 is 39.2 Å². The van der Waals surface area contributed by atoms with Gasteiger partial charge in [-0.3, -0.25) is 19.5 Å². The number of carbonyl (C=O) groups excluding carboxylic acids is 2. The quantitative estimate of drug-likeness (QED) is 0.486. The number of aryl methyl sites for hydroxylation is 3. The number of amides is 3. The Morgan fingerprint density at radius 1 is 1.06 bits per heavy atom. The minimum absolute atomic E-state index is 0.308. The minimum Gasteiger partial charge on any atom is -0.307 e. The summed E-state index contributed by atoms with van der Waals surface area (Å²) in [7, 11) is 0. The van der Waals surface area contributed by atoms with Crippen molar-refractivity contribution in [2.24, 2.45) is 0 Å². The van der Waals surface area contributed by atoms with Crippen LogP contribution in [0.5, 0.6) is 0 Å². The summed E-state index contributed by atoms with van der Waals surface area (Å²) in [5, 5.41) is 5.41. The molecule has 4 rings (SSSR count). The number of nitrogens with one attached hydrogen (secondary N) is 2. The van der Waals surface area contributed by atoms with E-state index >= 15 is 0 Å². The van der Waals surface area contributed by atoms with Gasteiger partial charge in [0, 0.05) is 10.6 Å². The molecule has 0 aliphatic carbocycles. The molecule has 2 aromatic heterocycles. The van der Waals surface area contributed by atoms with Crippen LogP contribution in [0.3, 0.4) is 0 Å². The number of urea groups is 1. The number of fused-ring (bicyclic) bond motifs is 1. The molecule has 0 saturated carbocycles. The summed E-state index contributed by atoms with van der Waals surface area (Å²) < 4.78 is 1.22. The fraction of sp³-hybridized carbons (Fsp3) is 0.167. The van der Waals surface area contributed by atoms with Crippen molar-refractivity contribution in [1.82, 2.24) is 14.9 Å². The van der Waals surface area contributed by atoms with E-state index in [9.17, 15) is 14.4 Å². The van der Waals surface area contributed by atoms with Gasteiger partial charge in [-0.2, -0.15) is 0 Å². The zero-order chi connectivity index (χ0) is 22.8. The second-order valence-electron chi connectivity index (χ2n) is 7.60. The SMILES string of the molecule is Cc1ccc(NC(=O)NC(=O)Cn2cnc3sc(-c4ccccc4)c(C)c3c2=O)c(C)c1. The molecule has 0 bridgehead atoms. The van der Waals surface area contributed by atoms with Crippen LogP contribution in [-0.2, 0) is 11.3 Å². The van der Waals surface area contributed by atoms with Crippen LogP contribution >= 0.6 is 11.3 Å². The highest BCUT2D eigenvalue weighted by atomic mass is 32.1. The molecule has 0 spiro atoms. The molecule has 4 aromatic rings. The largest absolute Gasteiger partial charge is 0.325 e. The van der Waals surface area contributed by atoms with Gasteiger partial charge in [0.1, 0.15) is 11.4 Å². The maximum absolute atomic E-state index is 13.0. The van der Waals surface area contributed by atoms with E-state index in [1.165, 1.54) is 22.2 Å². The summed E-state index contributed by atoms with van der Waals surface area (Å²) in [5.74, 6) is -0.605. The molecule has 8 heteroatoms. The molecule has 0 aliphatic heterocycles. The number of benzene rings is 2. The fourth-order valence-electron chi connectivity index (χ4n) is 3.57. The Morgan fingerprint density at radius 2 is 1.81 bits per heavy atom. The molecule has 162 valence electrons. The maximum Gasteiger partial charge on any atom is 0.325 e. The lowest BCUT2D eigenvalue weighted by Gasteiger charge is -2.10. The van der Waals surface area contributed by atoms with E-state index in [4.69, 9.17) is 0 Å². The number of hydrogen-bond acceptors (Lipinski definition) is 5. The van der Waals surface area contributed by atoms with Crippen molar-refractivity contribution in [3.05, 3.63) is 81.9 Å². The third-order valence-electron chi connectivity index (χ3n) is 5.15. The van der Waals surface area contributed by atoms with Gasteiger partial charge in [0.2, 0.25) is 5.91 Å². The van der Waals surface area contributed by atoms with Gasteiger partial charge in [0.15, 0.2) is 0 Å². The summed E-state index contributed by atoms with van der Waals surface area (Å²) in [6.45, 7) is 5.41. The number of nitrogens with zero attached hydrogens (tertiary/aromatic N) is 2. The zero-order valence-corrected chi connectivity index (χ0v) is 18.7. The number of rotatable bonds is 4. The molecule has 2 aromatic carbocycles. The van der Waals surface area contributed by atoms with Gasteiger partial charge in [-0.25, -0.2) is 9.78 Å². The van der Waals surface area contributed by atoms with Gasteiger partial charge in [-0.1, -0.05) is 48.0 Å². The second-order valence-corrected chi connectivity index (χ2v) is 8.60. The molecular weight excluding hydrogens is 424 g/mol.